The monoisotopic (exact) mass is 264 g/mol. The maximum atomic E-state index is 11.3. The highest BCUT2D eigenvalue weighted by Gasteiger charge is 2.27. The normalized spacial score (nSPS) is 23.1. The van der Waals surface area contributed by atoms with Crippen molar-refractivity contribution >= 4 is 5.97 Å². The number of rotatable bonds is 4. The van der Waals surface area contributed by atoms with Gasteiger partial charge >= 0.3 is 5.97 Å². The van der Waals surface area contributed by atoms with Crippen LogP contribution in [0.1, 0.15) is 35.8 Å². The Morgan fingerprint density at radius 2 is 2.37 bits per heavy atom. The van der Waals surface area contributed by atoms with Crippen molar-refractivity contribution < 1.29 is 14.3 Å². The summed E-state index contributed by atoms with van der Waals surface area (Å²) in [7, 11) is 1.36. The summed E-state index contributed by atoms with van der Waals surface area (Å²) in [6, 6.07) is 3.50. The molecule has 2 rings (SSSR count). The summed E-state index contributed by atoms with van der Waals surface area (Å²) in [5.74, 6) is -0.372. The Kier molecular flexibility index (Phi) is 4.50. The van der Waals surface area contributed by atoms with E-state index in [1.54, 1.807) is 12.1 Å². The molecule has 1 aromatic heterocycles. The Hall–Kier alpha value is -1.46. The number of methoxy groups -OCH3 is 1. The molecule has 1 fully saturated rings. The smallest absolute Gasteiger partial charge is 0.339 e. The van der Waals surface area contributed by atoms with Crippen molar-refractivity contribution in [2.75, 3.05) is 20.2 Å². The van der Waals surface area contributed by atoms with Gasteiger partial charge in [0.05, 0.1) is 30.6 Å². The molecule has 0 spiro atoms. The largest absolute Gasteiger partial charge is 0.465 e. The predicted octanol–water partition coefficient (Wildman–Crippen LogP) is 1.53. The number of carbonyl (C=O) groups is 1. The van der Waals surface area contributed by atoms with Gasteiger partial charge in [-0.15, -0.1) is 0 Å². The van der Waals surface area contributed by atoms with E-state index in [0.717, 1.165) is 31.6 Å². The molecule has 1 aromatic rings. The van der Waals surface area contributed by atoms with Crippen LogP contribution in [0, 0.1) is 0 Å². The summed E-state index contributed by atoms with van der Waals surface area (Å²) in [4.78, 5) is 15.5. The second-order valence-electron chi connectivity index (χ2n) is 5.05. The van der Waals surface area contributed by atoms with Crippen LogP contribution in [0.5, 0.6) is 0 Å². The van der Waals surface area contributed by atoms with Crippen molar-refractivity contribution in [3.05, 3.63) is 29.6 Å². The van der Waals surface area contributed by atoms with E-state index >= 15 is 0 Å². The summed E-state index contributed by atoms with van der Waals surface area (Å²) in [6.07, 6.45) is 3.71. The van der Waals surface area contributed by atoms with Gasteiger partial charge in [-0.2, -0.15) is 0 Å². The molecule has 5 heteroatoms. The van der Waals surface area contributed by atoms with Gasteiger partial charge in [0.25, 0.3) is 0 Å². The summed E-state index contributed by atoms with van der Waals surface area (Å²) < 4.78 is 10.6. The molecule has 1 atom stereocenters. The summed E-state index contributed by atoms with van der Waals surface area (Å²) in [6.45, 7) is 4.50. The van der Waals surface area contributed by atoms with Crippen LogP contribution in [0.3, 0.4) is 0 Å². The molecule has 2 heterocycles. The predicted molar refractivity (Wildman–Crippen MR) is 70.9 cm³/mol. The van der Waals surface area contributed by atoms with Crippen LogP contribution in [0.4, 0.5) is 0 Å². The highest BCUT2D eigenvalue weighted by molar-refractivity contribution is 5.88. The lowest BCUT2D eigenvalue weighted by Crippen LogP contribution is -2.45. The summed E-state index contributed by atoms with van der Waals surface area (Å²) in [5, 5.41) is 3.34. The number of pyridine rings is 1. The molecule has 1 unspecified atom stereocenters. The molecule has 0 amide bonds. The number of ether oxygens (including phenoxy) is 2. The Bertz CT molecular complexity index is 425. The average Bonchev–Trinajstić information content (AvgIpc) is 2.46. The minimum Gasteiger partial charge on any atom is -0.465 e. The van der Waals surface area contributed by atoms with Gasteiger partial charge in [-0.3, -0.25) is 4.98 Å². The summed E-state index contributed by atoms with van der Waals surface area (Å²) in [5.41, 5.74) is 1.15. The molecular weight excluding hydrogens is 244 g/mol. The minimum atomic E-state index is -0.372. The molecule has 19 heavy (non-hydrogen) atoms. The number of hydrogen-bond donors (Lipinski definition) is 1. The van der Waals surface area contributed by atoms with E-state index in [1.165, 1.54) is 13.3 Å². The van der Waals surface area contributed by atoms with E-state index in [4.69, 9.17) is 4.74 Å². The van der Waals surface area contributed by atoms with Gasteiger partial charge in [0.1, 0.15) is 0 Å². The van der Waals surface area contributed by atoms with Gasteiger partial charge in [0.15, 0.2) is 0 Å². The number of nitrogens with zero attached hydrogens (tertiary/aromatic N) is 1. The first-order valence-corrected chi connectivity index (χ1v) is 6.51. The zero-order chi connectivity index (χ0) is 13.7. The summed E-state index contributed by atoms with van der Waals surface area (Å²) >= 11 is 0. The highest BCUT2D eigenvalue weighted by atomic mass is 16.5. The van der Waals surface area contributed by atoms with Crippen molar-refractivity contribution in [1.82, 2.24) is 10.3 Å². The van der Waals surface area contributed by atoms with Crippen LogP contribution in [0.25, 0.3) is 0 Å². The number of piperidine rings is 1. The Morgan fingerprint density at radius 1 is 1.53 bits per heavy atom. The van der Waals surface area contributed by atoms with Crippen molar-refractivity contribution in [2.45, 2.75) is 32.0 Å². The first-order valence-electron chi connectivity index (χ1n) is 6.51. The van der Waals surface area contributed by atoms with Crippen LogP contribution in [-0.4, -0.2) is 36.8 Å². The lowest BCUT2D eigenvalue weighted by atomic mass is 9.96. The number of hydrogen-bond acceptors (Lipinski definition) is 5. The van der Waals surface area contributed by atoms with Gasteiger partial charge < -0.3 is 14.8 Å². The third-order valence-corrected chi connectivity index (χ3v) is 3.37. The van der Waals surface area contributed by atoms with E-state index in [-0.39, 0.29) is 11.6 Å². The van der Waals surface area contributed by atoms with E-state index in [9.17, 15) is 4.79 Å². The fourth-order valence-electron chi connectivity index (χ4n) is 2.15. The molecule has 1 N–H and O–H groups in total. The van der Waals surface area contributed by atoms with Gasteiger partial charge in [0, 0.05) is 12.7 Å². The van der Waals surface area contributed by atoms with Gasteiger partial charge in [0.2, 0.25) is 0 Å². The molecule has 104 valence electrons. The molecule has 0 radical (unpaired) electrons. The first kappa shape index (κ1) is 14.0. The molecule has 1 aliphatic heterocycles. The Labute approximate surface area is 113 Å². The van der Waals surface area contributed by atoms with Crippen molar-refractivity contribution in [3.8, 4) is 0 Å². The van der Waals surface area contributed by atoms with Crippen LogP contribution in [0.15, 0.2) is 18.3 Å². The SMILES string of the molecule is COC(=O)c1ccc(COC2(C)CCCNC2)nc1. The molecule has 1 aliphatic rings. The van der Waals surface area contributed by atoms with Crippen LogP contribution < -0.4 is 5.32 Å². The topological polar surface area (TPSA) is 60.5 Å². The minimum absolute atomic E-state index is 0.124. The van der Waals surface area contributed by atoms with Crippen LogP contribution in [0.2, 0.25) is 0 Å². The number of aromatic nitrogens is 1. The lowest BCUT2D eigenvalue weighted by Gasteiger charge is -2.34. The van der Waals surface area contributed by atoms with Crippen molar-refractivity contribution in [3.63, 3.8) is 0 Å². The molecular formula is C14H20N2O3. The van der Waals surface area contributed by atoms with E-state index in [2.05, 4.69) is 22.0 Å². The van der Waals surface area contributed by atoms with E-state index in [0.29, 0.717) is 12.2 Å². The van der Waals surface area contributed by atoms with Gasteiger partial charge in [-0.05, 0) is 38.4 Å². The quantitative estimate of drug-likeness (QED) is 0.836. The number of esters is 1. The molecule has 5 nitrogen and oxygen atoms in total. The first-order chi connectivity index (χ1) is 9.13. The Morgan fingerprint density at radius 3 is 2.95 bits per heavy atom. The third-order valence-electron chi connectivity index (χ3n) is 3.37. The fourth-order valence-corrected chi connectivity index (χ4v) is 2.15. The zero-order valence-corrected chi connectivity index (χ0v) is 11.4. The molecule has 0 saturated carbocycles. The average molecular weight is 264 g/mol. The van der Waals surface area contributed by atoms with E-state index in [1.807, 2.05) is 0 Å². The maximum Gasteiger partial charge on any atom is 0.339 e. The molecule has 0 aromatic carbocycles. The highest BCUT2D eigenvalue weighted by Crippen LogP contribution is 2.21. The second kappa shape index (κ2) is 6.12. The number of carbonyl (C=O) groups excluding carboxylic acids is 1. The molecule has 1 saturated heterocycles. The van der Waals surface area contributed by atoms with Gasteiger partial charge in [-0.1, -0.05) is 0 Å². The maximum absolute atomic E-state index is 11.3. The van der Waals surface area contributed by atoms with Crippen LogP contribution >= 0.6 is 0 Å². The second-order valence-corrected chi connectivity index (χ2v) is 5.05. The zero-order valence-electron chi connectivity index (χ0n) is 11.4. The van der Waals surface area contributed by atoms with Crippen molar-refractivity contribution in [2.24, 2.45) is 0 Å². The molecule has 0 bridgehead atoms. The standard InChI is InChI=1S/C14H20N2O3/c1-14(6-3-7-15-10-14)19-9-12-5-4-11(8-16-12)13(17)18-2/h4-5,8,15H,3,6-7,9-10H2,1-2H3. The lowest BCUT2D eigenvalue weighted by molar-refractivity contribution is -0.0583. The Balaban J connectivity index is 1.91. The van der Waals surface area contributed by atoms with E-state index < -0.39 is 0 Å². The fraction of sp³-hybridized carbons (Fsp3) is 0.571. The van der Waals surface area contributed by atoms with Gasteiger partial charge in [-0.25, -0.2) is 4.79 Å². The van der Waals surface area contributed by atoms with Crippen molar-refractivity contribution in [1.29, 1.82) is 0 Å². The van der Waals surface area contributed by atoms with Crippen LogP contribution in [-0.2, 0) is 16.1 Å². The third kappa shape index (κ3) is 3.75. The molecule has 0 aliphatic carbocycles. The number of nitrogens with one attached hydrogen (secondary N) is 1.